The number of hydrogen-bond acceptors (Lipinski definition) is 3. The van der Waals surface area contributed by atoms with E-state index in [1.807, 2.05) is 24.3 Å². The van der Waals surface area contributed by atoms with Crippen LogP contribution in [0.4, 0.5) is 0 Å². The molecule has 0 aliphatic heterocycles. The highest BCUT2D eigenvalue weighted by atomic mass is 16.5. The van der Waals surface area contributed by atoms with Gasteiger partial charge in [0.25, 0.3) is 0 Å². The van der Waals surface area contributed by atoms with Crippen molar-refractivity contribution in [1.29, 1.82) is 0 Å². The van der Waals surface area contributed by atoms with Crippen molar-refractivity contribution in [3.8, 4) is 11.5 Å². The van der Waals surface area contributed by atoms with E-state index < -0.39 is 0 Å². The molecular formula is C18H23NO2. The molecule has 0 saturated carbocycles. The van der Waals surface area contributed by atoms with Crippen LogP contribution in [0, 0.1) is 0 Å². The van der Waals surface area contributed by atoms with Gasteiger partial charge in [0.05, 0.1) is 14.2 Å². The van der Waals surface area contributed by atoms with Gasteiger partial charge in [-0.25, -0.2) is 0 Å². The molecule has 0 aliphatic carbocycles. The van der Waals surface area contributed by atoms with E-state index in [1.165, 1.54) is 5.56 Å². The van der Waals surface area contributed by atoms with E-state index in [2.05, 4.69) is 43.4 Å². The Morgan fingerprint density at radius 1 is 0.857 bits per heavy atom. The summed E-state index contributed by atoms with van der Waals surface area (Å²) in [5.41, 5.74) is 2.40. The van der Waals surface area contributed by atoms with Crippen molar-refractivity contribution >= 4 is 0 Å². The number of hydrogen-bond donors (Lipinski definition) is 1. The summed E-state index contributed by atoms with van der Waals surface area (Å²) in [6.07, 6.45) is 0. The van der Waals surface area contributed by atoms with Crippen LogP contribution in [0.5, 0.6) is 11.5 Å². The van der Waals surface area contributed by atoms with E-state index in [0.29, 0.717) is 0 Å². The maximum atomic E-state index is 5.48. The van der Waals surface area contributed by atoms with Crippen molar-refractivity contribution in [2.24, 2.45) is 0 Å². The summed E-state index contributed by atoms with van der Waals surface area (Å²) >= 11 is 0. The highest BCUT2D eigenvalue weighted by Crippen LogP contribution is 2.30. The largest absolute Gasteiger partial charge is 0.497 e. The number of methoxy groups -OCH3 is 2. The van der Waals surface area contributed by atoms with Gasteiger partial charge < -0.3 is 14.8 Å². The lowest BCUT2D eigenvalue weighted by atomic mass is 10.0. The van der Waals surface area contributed by atoms with Gasteiger partial charge in [-0.2, -0.15) is 0 Å². The molecule has 0 amide bonds. The summed E-state index contributed by atoms with van der Waals surface area (Å²) in [6, 6.07) is 16.8. The molecule has 2 aromatic carbocycles. The van der Waals surface area contributed by atoms with Crippen LogP contribution in [0.1, 0.15) is 37.1 Å². The van der Waals surface area contributed by atoms with E-state index in [9.17, 15) is 0 Å². The first kappa shape index (κ1) is 15.4. The minimum absolute atomic E-state index is 0.182. The lowest BCUT2D eigenvalue weighted by Gasteiger charge is -2.22. The van der Waals surface area contributed by atoms with Crippen molar-refractivity contribution in [3.05, 3.63) is 59.7 Å². The third-order valence-corrected chi connectivity index (χ3v) is 3.71. The minimum atomic E-state index is 0.182. The smallest absolute Gasteiger partial charge is 0.127 e. The standard InChI is InChI=1S/C18H23NO2/c1-13(15-8-6-5-7-9-15)19-14(2)17-11-10-16(20-3)12-18(17)21-4/h5-14,19H,1-4H3. The van der Waals surface area contributed by atoms with Crippen LogP contribution >= 0.6 is 0 Å². The van der Waals surface area contributed by atoms with Gasteiger partial charge in [-0.1, -0.05) is 36.4 Å². The zero-order valence-corrected chi connectivity index (χ0v) is 13.1. The maximum absolute atomic E-state index is 5.48. The summed E-state index contributed by atoms with van der Waals surface area (Å²) in [7, 11) is 3.35. The first-order chi connectivity index (χ1) is 10.2. The Hall–Kier alpha value is -2.00. The van der Waals surface area contributed by atoms with Gasteiger partial charge >= 0.3 is 0 Å². The van der Waals surface area contributed by atoms with Crippen molar-refractivity contribution in [1.82, 2.24) is 5.32 Å². The van der Waals surface area contributed by atoms with E-state index in [0.717, 1.165) is 17.1 Å². The van der Waals surface area contributed by atoms with Gasteiger partial charge in [0, 0.05) is 23.7 Å². The number of nitrogens with one attached hydrogen (secondary N) is 1. The Morgan fingerprint density at radius 3 is 2.19 bits per heavy atom. The lowest BCUT2D eigenvalue weighted by Crippen LogP contribution is -2.22. The number of ether oxygens (including phenoxy) is 2. The average molecular weight is 285 g/mol. The lowest BCUT2D eigenvalue weighted by molar-refractivity contribution is 0.383. The van der Waals surface area contributed by atoms with Gasteiger partial charge in [-0.05, 0) is 25.5 Å². The molecule has 0 bridgehead atoms. The Labute approximate surface area is 126 Å². The molecule has 0 saturated heterocycles. The Kier molecular flexibility index (Phi) is 5.23. The van der Waals surface area contributed by atoms with Crippen LogP contribution in [0.2, 0.25) is 0 Å². The number of benzene rings is 2. The molecule has 21 heavy (non-hydrogen) atoms. The molecule has 2 unspecified atom stereocenters. The molecule has 2 aromatic rings. The van der Waals surface area contributed by atoms with E-state index >= 15 is 0 Å². The minimum Gasteiger partial charge on any atom is -0.497 e. The third-order valence-electron chi connectivity index (χ3n) is 3.71. The van der Waals surface area contributed by atoms with Gasteiger partial charge in [0.15, 0.2) is 0 Å². The summed E-state index contributed by atoms with van der Waals surface area (Å²) in [5, 5.41) is 3.60. The average Bonchev–Trinajstić information content (AvgIpc) is 2.54. The molecule has 0 aromatic heterocycles. The van der Waals surface area contributed by atoms with Crippen LogP contribution < -0.4 is 14.8 Å². The quantitative estimate of drug-likeness (QED) is 0.866. The second-order valence-corrected chi connectivity index (χ2v) is 5.13. The molecule has 0 fully saturated rings. The molecule has 0 radical (unpaired) electrons. The monoisotopic (exact) mass is 285 g/mol. The van der Waals surface area contributed by atoms with E-state index in [4.69, 9.17) is 9.47 Å². The SMILES string of the molecule is COc1ccc(C(C)NC(C)c2ccccc2)c(OC)c1. The third kappa shape index (κ3) is 3.76. The molecule has 0 aliphatic rings. The molecule has 0 heterocycles. The van der Waals surface area contributed by atoms with Gasteiger partial charge in [-0.15, -0.1) is 0 Å². The zero-order valence-electron chi connectivity index (χ0n) is 13.1. The fraction of sp³-hybridized carbons (Fsp3) is 0.333. The van der Waals surface area contributed by atoms with Crippen LogP contribution in [-0.2, 0) is 0 Å². The topological polar surface area (TPSA) is 30.5 Å². The fourth-order valence-corrected chi connectivity index (χ4v) is 2.48. The predicted octanol–water partition coefficient (Wildman–Crippen LogP) is 4.12. The van der Waals surface area contributed by atoms with Crippen molar-refractivity contribution in [2.45, 2.75) is 25.9 Å². The Bertz CT molecular complexity index is 569. The van der Waals surface area contributed by atoms with Gasteiger partial charge in [0.1, 0.15) is 11.5 Å². The first-order valence-electron chi connectivity index (χ1n) is 7.18. The normalized spacial score (nSPS) is 13.5. The zero-order chi connectivity index (χ0) is 15.2. The Balaban J connectivity index is 2.14. The summed E-state index contributed by atoms with van der Waals surface area (Å²) < 4.78 is 10.7. The van der Waals surface area contributed by atoms with Crippen LogP contribution in [0.15, 0.2) is 48.5 Å². The van der Waals surface area contributed by atoms with Crippen LogP contribution in [0.3, 0.4) is 0 Å². The van der Waals surface area contributed by atoms with Crippen LogP contribution in [0.25, 0.3) is 0 Å². The van der Waals surface area contributed by atoms with E-state index in [-0.39, 0.29) is 12.1 Å². The second kappa shape index (κ2) is 7.14. The van der Waals surface area contributed by atoms with Gasteiger partial charge in [0.2, 0.25) is 0 Å². The fourth-order valence-electron chi connectivity index (χ4n) is 2.48. The van der Waals surface area contributed by atoms with Crippen molar-refractivity contribution in [2.75, 3.05) is 14.2 Å². The predicted molar refractivity (Wildman–Crippen MR) is 86.0 cm³/mol. The van der Waals surface area contributed by atoms with Crippen molar-refractivity contribution < 1.29 is 9.47 Å². The molecule has 0 spiro atoms. The van der Waals surface area contributed by atoms with Crippen molar-refractivity contribution in [3.63, 3.8) is 0 Å². The van der Waals surface area contributed by atoms with E-state index in [1.54, 1.807) is 14.2 Å². The molecule has 1 N–H and O–H groups in total. The summed E-state index contributed by atoms with van der Waals surface area (Å²) in [4.78, 5) is 0. The maximum Gasteiger partial charge on any atom is 0.127 e. The molecular weight excluding hydrogens is 262 g/mol. The number of rotatable bonds is 6. The molecule has 2 rings (SSSR count). The summed E-state index contributed by atoms with van der Waals surface area (Å²) in [5.74, 6) is 1.65. The summed E-state index contributed by atoms with van der Waals surface area (Å²) in [6.45, 7) is 4.31. The highest BCUT2D eigenvalue weighted by Gasteiger charge is 2.15. The van der Waals surface area contributed by atoms with Gasteiger partial charge in [-0.3, -0.25) is 0 Å². The highest BCUT2D eigenvalue weighted by molar-refractivity contribution is 5.42. The van der Waals surface area contributed by atoms with Crippen LogP contribution in [-0.4, -0.2) is 14.2 Å². The molecule has 3 heteroatoms. The molecule has 112 valence electrons. The molecule has 3 nitrogen and oxygen atoms in total. The Morgan fingerprint density at radius 2 is 1.57 bits per heavy atom. The second-order valence-electron chi connectivity index (χ2n) is 5.13. The molecule has 2 atom stereocenters. The first-order valence-corrected chi connectivity index (χ1v) is 7.18.